The van der Waals surface area contributed by atoms with E-state index in [1.54, 1.807) is 36.4 Å². The van der Waals surface area contributed by atoms with Gasteiger partial charge in [-0.05, 0) is 25.5 Å². The number of hydrogen-bond donors (Lipinski definition) is 0. The van der Waals surface area contributed by atoms with Gasteiger partial charge < -0.3 is 19.2 Å². The van der Waals surface area contributed by atoms with Gasteiger partial charge in [0, 0.05) is 24.9 Å². The Kier molecular flexibility index (Phi) is 4.97. The predicted molar refractivity (Wildman–Crippen MR) is 94.8 cm³/mol. The van der Waals surface area contributed by atoms with E-state index >= 15 is 0 Å². The maximum Gasteiger partial charge on any atom is 0.260 e. The third-order valence-corrected chi connectivity index (χ3v) is 4.03. The molecule has 1 atom stereocenters. The van der Waals surface area contributed by atoms with E-state index in [0.717, 1.165) is 0 Å². The molecule has 0 saturated heterocycles. The number of carbonyl (C=O) groups is 2. The average molecular weight is 340 g/mol. The second-order valence-corrected chi connectivity index (χ2v) is 5.88. The molecule has 0 fully saturated rings. The topological polar surface area (TPSA) is 68.2 Å². The maximum atomic E-state index is 12.8. The smallest absolute Gasteiger partial charge is 0.260 e. The van der Waals surface area contributed by atoms with E-state index in [4.69, 9.17) is 9.47 Å². The molecule has 3 rings (SSSR count). The molecule has 0 bridgehead atoms. The van der Waals surface area contributed by atoms with Gasteiger partial charge in [-0.25, -0.2) is 0 Å². The van der Waals surface area contributed by atoms with Crippen molar-refractivity contribution in [2.24, 2.45) is 4.99 Å². The van der Waals surface area contributed by atoms with Gasteiger partial charge in [0.2, 0.25) is 0 Å². The van der Waals surface area contributed by atoms with Crippen LogP contribution in [0, 0.1) is 0 Å². The Bertz CT molecular complexity index is 780. The van der Waals surface area contributed by atoms with E-state index < -0.39 is 0 Å². The van der Waals surface area contributed by atoms with Crippen LogP contribution in [-0.4, -0.2) is 42.6 Å². The van der Waals surface area contributed by atoms with Crippen LogP contribution in [-0.2, 0) is 4.79 Å². The largest absolute Gasteiger partial charge is 0.493 e. The molecule has 1 aromatic rings. The van der Waals surface area contributed by atoms with Crippen molar-refractivity contribution in [3.05, 3.63) is 42.1 Å². The van der Waals surface area contributed by atoms with Gasteiger partial charge in [-0.2, -0.15) is 0 Å². The van der Waals surface area contributed by atoms with E-state index in [0.29, 0.717) is 42.2 Å². The summed E-state index contributed by atoms with van der Waals surface area (Å²) in [7, 11) is 1.53. The van der Waals surface area contributed by atoms with Crippen molar-refractivity contribution in [3.8, 4) is 11.5 Å². The Labute approximate surface area is 146 Å². The van der Waals surface area contributed by atoms with Crippen molar-refractivity contribution in [3.63, 3.8) is 0 Å². The summed E-state index contributed by atoms with van der Waals surface area (Å²) in [5.41, 5.74) is 1.01. The SMILES string of the molecule is COc1cc2c(cc1OCCCC(C)=O)N=C[C@@H]1C=CC=CN1C2=O. The van der Waals surface area contributed by atoms with Gasteiger partial charge >= 0.3 is 0 Å². The Balaban J connectivity index is 1.87. The van der Waals surface area contributed by atoms with Crippen molar-refractivity contribution < 1.29 is 19.1 Å². The van der Waals surface area contributed by atoms with Crippen LogP contribution in [0.1, 0.15) is 30.1 Å². The normalized spacial score (nSPS) is 17.8. The van der Waals surface area contributed by atoms with Crippen molar-refractivity contribution >= 4 is 23.6 Å². The quantitative estimate of drug-likeness (QED) is 0.747. The zero-order chi connectivity index (χ0) is 17.8. The number of ether oxygens (including phenoxy) is 2. The van der Waals surface area contributed by atoms with E-state index in [9.17, 15) is 9.59 Å². The second-order valence-electron chi connectivity index (χ2n) is 5.88. The Morgan fingerprint density at radius 3 is 2.88 bits per heavy atom. The maximum absolute atomic E-state index is 12.8. The number of aliphatic imine (C=N–C) groups is 1. The number of ketones is 1. The number of Topliss-reactive ketones (excluding diaryl/α,β-unsaturated/α-hetero) is 1. The van der Waals surface area contributed by atoms with Crippen LogP contribution in [0.4, 0.5) is 5.69 Å². The highest BCUT2D eigenvalue weighted by Gasteiger charge is 2.27. The first kappa shape index (κ1) is 17.0. The predicted octanol–water partition coefficient (Wildman–Crippen LogP) is 3.05. The molecule has 0 aromatic heterocycles. The molecule has 130 valence electrons. The van der Waals surface area contributed by atoms with Crippen LogP contribution in [0.25, 0.3) is 0 Å². The molecule has 6 nitrogen and oxygen atoms in total. The Morgan fingerprint density at radius 2 is 2.12 bits per heavy atom. The molecule has 0 unspecified atom stereocenters. The van der Waals surface area contributed by atoms with E-state index in [1.807, 2.05) is 18.2 Å². The summed E-state index contributed by atoms with van der Waals surface area (Å²) in [6.45, 7) is 1.95. The van der Waals surface area contributed by atoms with E-state index in [-0.39, 0.29) is 17.7 Å². The van der Waals surface area contributed by atoms with Gasteiger partial charge in [-0.3, -0.25) is 9.79 Å². The molecular weight excluding hydrogens is 320 g/mol. The van der Waals surface area contributed by atoms with Crippen LogP contribution < -0.4 is 9.47 Å². The summed E-state index contributed by atoms with van der Waals surface area (Å²) in [6.07, 6.45) is 10.2. The summed E-state index contributed by atoms with van der Waals surface area (Å²) in [5.74, 6) is 0.978. The van der Waals surface area contributed by atoms with E-state index in [2.05, 4.69) is 4.99 Å². The van der Waals surface area contributed by atoms with Gasteiger partial charge in [0.05, 0.1) is 31.0 Å². The molecule has 0 saturated carbocycles. The average Bonchev–Trinajstić information content (AvgIpc) is 2.75. The minimum absolute atomic E-state index is 0.130. The Morgan fingerprint density at radius 1 is 1.28 bits per heavy atom. The molecule has 0 radical (unpaired) electrons. The number of hydrogen-bond acceptors (Lipinski definition) is 5. The minimum atomic E-state index is -0.198. The molecule has 0 aliphatic carbocycles. The molecule has 2 heterocycles. The summed E-state index contributed by atoms with van der Waals surface area (Å²) in [5, 5.41) is 0. The molecule has 0 spiro atoms. The number of methoxy groups -OCH3 is 1. The van der Waals surface area contributed by atoms with E-state index in [1.165, 1.54) is 7.11 Å². The molecule has 25 heavy (non-hydrogen) atoms. The number of allylic oxidation sites excluding steroid dienone is 2. The lowest BCUT2D eigenvalue weighted by molar-refractivity contribution is -0.117. The lowest BCUT2D eigenvalue weighted by Gasteiger charge is -2.24. The highest BCUT2D eigenvalue weighted by molar-refractivity contribution is 6.04. The number of nitrogens with zero attached hydrogens (tertiary/aromatic N) is 2. The van der Waals surface area contributed by atoms with Gasteiger partial charge in [-0.15, -0.1) is 0 Å². The fourth-order valence-electron chi connectivity index (χ4n) is 2.74. The van der Waals surface area contributed by atoms with Crippen molar-refractivity contribution in [1.29, 1.82) is 0 Å². The van der Waals surface area contributed by atoms with Gasteiger partial charge in [0.15, 0.2) is 11.5 Å². The molecule has 6 heteroatoms. The summed E-state index contributed by atoms with van der Waals surface area (Å²) in [6, 6.07) is 3.17. The number of amides is 1. The van der Waals surface area contributed by atoms with Crippen molar-refractivity contribution in [2.45, 2.75) is 25.8 Å². The summed E-state index contributed by atoms with van der Waals surface area (Å²) in [4.78, 5) is 29.9. The molecule has 1 aromatic carbocycles. The van der Waals surface area contributed by atoms with Crippen molar-refractivity contribution in [1.82, 2.24) is 4.90 Å². The molecule has 0 N–H and O–H groups in total. The number of benzene rings is 1. The van der Waals surface area contributed by atoms with Crippen molar-refractivity contribution in [2.75, 3.05) is 13.7 Å². The van der Waals surface area contributed by atoms with Crippen LogP contribution in [0.2, 0.25) is 0 Å². The molecule has 2 aliphatic rings. The van der Waals surface area contributed by atoms with Crippen LogP contribution >= 0.6 is 0 Å². The number of fused-ring (bicyclic) bond motifs is 2. The summed E-state index contributed by atoms with van der Waals surface area (Å²) >= 11 is 0. The first-order valence-corrected chi connectivity index (χ1v) is 8.16. The highest BCUT2D eigenvalue weighted by Crippen LogP contribution is 2.37. The first-order chi connectivity index (χ1) is 12.1. The third-order valence-electron chi connectivity index (χ3n) is 4.03. The number of rotatable bonds is 6. The number of carbonyl (C=O) groups excluding carboxylic acids is 2. The highest BCUT2D eigenvalue weighted by atomic mass is 16.5. The van der Waals surface area contributed by atoms with Crippen LogP contribution in [0.15, 0.2) is 41.6 Å². The van der Waals surface area contributed by atoms with Gasteiger partial charge in [0.25, 0.3) is 5.91 Å². The minimum Gasteiger partial charge on any atom is -0.493 e. The lowest BCUT2D eigenvalue weighted by atomic mass is 10.1. The monoisotopic (exact) mass is 340 g/mol. The lowest BCUT2D eigenvalue weighted by Crippen LogP contribution is -2.35. The Hall–Kier alpha value is -2.89. The molecular formula is C19H20N2O4. The summed E-state index contributed by atoms with van der Waals surface area (Å²) < 4.78 is 11.1. The fourth-order valence-corrected chi connectivity index (χ4v) is 2.74. The standard InChI is InChI=1S/C19H20N2O4/c1-13(22)6-5-9-25-18-11-16-15(10-17(18)24-2)19(23)21-8-4-3-7-14(21)12-20-16/h3-4,7-8,10-12,14H,5-6,9H2,1-2H3/t14-/m0/s1. The van der Waals surface area contributed by atoms with Crippen LogP contribution in [0.3, 0.4) is 0 Å². The molecule has 2 aliphatic heterocycles. The fraction of sp³-hybridized carbons (Fsp3) is 0.316. The van der Waals surface area contributed by atoms with Crippen LogP contribution in [0.5, 0.6) is 11.5 Å². The zero-order valence-electron chi connectivity index (χ0n) is 14.3. The third kappa shape index (κ3) is 3.63. The van der Waals surface area contributed by atoms with Gasteiger partial charge in [0.1, 0.15) is 5.78 Å². The zero-order valence-corrected chi connectivity index (χ0v) is 14.3. The second kappa shape index (κ2) is 7.34. The van der Waals surface area contributed by atoms with Gasteiger partial charge in [-0.1, -0.05) is 12.2 Å². The first-order valence-electron chi connectivity index (χ1n) is 8.16. The molecule has 1 amide bonds.